The number of aliphatic carboxylic acids is 1. The van der Waals surface area contributed by atoms with Crippen molar-refractivity contribution >= 4 is 23.1 Å². The lowest BCUT2D eigenvalue weighted by molar-refractivity contribution is -0.139. The first-order valence-electron chi connectivity index (χ1n) is 6.32. The lowest BCUT2D eigenvalue weighted by Gasteiger charge is -2.26. The Morgan fingerprint density at radius 2 is 2.00 bits per heavy atom. The first kappa shape index (κ1) is 13.3. The van der Waals surface area contributed by atoms with Crippen LogP contribution in [0.3, 0.4) is 0 Å². The average molecular weight is 266 g/mol. The SMILES string of the molecule is Cc1ccsc1C(=O)CC1(CC(=O)O)CCCC1. The molecule has 0 radical (unpaired) electrons. The van der Waals surface area contributed by atoms with Crippen molar-refractivity contribution < 1.29 is 14.7 Å². The second-order valence-corrected chi connectivity index (χ2v) is 6.23. The predicted molar refractivity (Wildman–Crippen MR) is 71.2 cm³/mol. The van der Waals surface area contributed by atoms with Crippen molar-refractivity contribution in [1.29, 1.82) is 0 Å². The Bertz CT molecular complexity index is 455. The second kappa shape index (κ2) is 5.22. The van der Waals surface area contributed by atoms with Crippen LogP contribution in [-0.2, 0) is 4.79 Å². The van der Waals surface area contributed by atoms with Crippen LogP contribution in [0.5, 0.6) is 0 Å². The number of aryl methyl sites for hydroxylation is 1. The average Bonchev–Trinajstić information content (AvgIpc) is 2.86. The summed E-state index contributed by atoms with van der Waals surface area (Å²) in [6.07, 6.45) is 4.35. The van der Waals surface area contributed by atoms with Crippen molar-refractivity contribution in [1.82, 2.24) is 0 Å². The highest BCUT2D eigenvalue weighted by molar-refractivity contribution is 7.12. The standard InChI is InChI=1S/C14H18O3S/c1-10-4-7-18-13(10)11(15)8-14(9-12(16)17)5-2-3-6-14/h4,7H,2-3,5-6,8-9H2,1H3,(H,16,17). The minimum atomic E-state index is -0.785. The highest BCUT2D eigenvalue weighted by Crippen LogP contribution is 2.45. The van der Waals surface area contributed by atoms with E-state index in [0.717, 1.165) is 36.1 Å². The van der Waals surface area contributed by atoms with E-state index in [1.807, 2.05) is 18.4 Å². The van der Waals surface area contributed by atoms with Crippen molar-refractivity contribution in [3.05, 3.63) is 21.9 Å². The van der Waals surface area contributed by atoms with Gasteiger partial charge in [0.1, 0.15) is 0 Å². The molecule has 1 fully saturated rings. The molecule has 1 aromatic heterocycles. The third kappa shape index (κ3) is 2.80. The molecule has 0 atom stereocenters. The highest BCUT2D eigenvalue weighted by Gasteiger charge is 2.38. The maximum Gasteiger partial charge on any atom is 0.303 e. The molecule has 0 saturated heterocycles. The first-order chi connectivity index (χ1) is 8.52. The number of hydrogen-bond acceptors (Lipinski definition) is 3. The van der Waals surface area contributed by atoms with E-state index in [1.54, 1.807) is 0 Å². The van der Waals surface area contributed by atoms with Crippen molar-refractivity contribution in [3.8, 4) is 0 Å². The zero-order valence-electron chi connectivity index (χ0n) is 10.6. The van der Waals surface area contributed by atoms with Gasteiger partial charge in [0.05, 0.1) is 11.3 Å². The molecule has 0 bridgehead atoms. The van der Waals surface area contributed by atoms with E-state index in [-0.39, 0.29) is 17.6 Å². The van der Waals surface area contributed by atoms with Gasteiger partial charge >= 0.3 is 5.97 Å². The molecule has 1 aliphatic carbocycles. The van der Waals surface area contributed by atoms with Crippen LogP contribution in [0.25, 0.3) is 0 Å². The Balaban J connectivity index is 2.12. The highest BCUT2D eigenvalue weighted by atomic mass is 32.1. The fourth-order valence-corrected chi connectivity index (χ4v) is 3.81. The van der Waals surface area contributed by atoms with E-state index in [2.05, 4.69) is 0 Å². The molecule has 0 aromatic carbocycles. The topological polar surface area (TPSA) is 54.4 Å². The van der Waals surface area contributed by atoms with Gasteiger partial charge in [-0.15, -0.1) is 11.3 Å². The van der Waals surface area contributed by atoms with Crippen LogP contribution in [0.4, 0.5) is 0 Å². The molecular formula is C14H18O3S. The smallest absolute Gasteiger partial charge is 0.303 e. The predicted octanol–water partition coefficient (Wildman–Crippen LogP) is 3.66. The molecule has 0 aliphatic heterocycles. The van der Waals surface area contributed by atoms with E-state index >= 15 is 0 Å². The monoisotopic (exact) mass is 266 g/mol. The van der Waals surface area contributed by atoms with Crippen LogP contribution in [-0.4, -0.2) is 16.9 Å². The minimum absolute atomic E-state index is 0.116. The molecule has 0 unspecified atom stereocenters. The van der Waals surface area contributed by atoms with Crippen LogP contribution < -0.4 is 0 Å². The van der Waals surface area contributed by atoms with Crippen molar-refractivity contribution in [2.45, 2.75) is 45.4 Å². The fraction of sp³-hybridized carbons (Fsp3) is 0.571. The van der Waals surface area contributed by atoms with Crippen molar-refractivity contribution in [3.63, 3.8) is 0 Å². The van der Waals surface area contributed by atoms with Gasteiger partial charge in [-0.3, -0.25) is 9.59 Å². The van der Waals surface area contributed by atoms with E-state index < -0.39 is 5.97 Å². The molecule has 98 valence electrons. The maximum atomic E-state index is 12.3. The summed E-state index contributed by atoms with van der Waals surface area (Å²) >= 11 is 1.46. The summed E-state index contributed by atoms with van der Waals surface area (Å²) in [5.41, 5.74) is 0.716. The molecule has 0 spiro atoms. The number of Topliss-reactive ketones (excluding diaryl/α,β-unsaturated/α-hetero) is 1. The largest absolute Gasteiger partial charge is 0.481 e. The molecule has 1 aromatic rings. The fourth-order valence-electron chi connectivity index (χ4n) is 2.94. The van der Waals surface area contributed by atoms with Gasteiger partial charge < -0.3 is 5.11 Å². The number of carbonyl (C=O) groups excluding carboxylic acids is 1. The van der Waals surface area contributed by atoms with Gasteiger partial charge in [0.15, 0.2) is 5.78 Å². The number of carbonyl (C=O) groups is 2. The van der Waals surface area contributed by atoms with Gasteiger partial charge in [-0.2, -0.15) is 0 Å². The zero-order valence-corrected chi connectivity index (χ0v) is 11.4. The molecule has 3 nitrogen and oxygen atoms in total. The van der Waals surface area contributed by atoms with Crippen molar-refractivity contribution in [2.24, 2.45) is 5.41 Å². The molecule has 1 aliphatic rings. The Hall–Kier alpha value is -1.16. The zero-order chi connectivity index (χ0) is 13.2. The quantitative estimate of drug-likeness (QED) is 0.827. The van der Waals surface area contributed by atoms with Gasteiger partial charge in [0, 0.05) is 6.42 Å². The number of hydrogen-bond donors (Lipinski definition) is 1. The van der Waals surface area contributed by atoms with Gasteiger partial charge in [0.25, 0.3) is 0 Å². The van der Waals surface area contributed by atoms with Crippen LogP contribution in [0, 0.1) is 12.3 Å². The van der Waals surface area contributed by atoms with Crippen LogP contribution >= 0.6 is 11.3 Å². The summed E-state index contributed by atoms with van der Waals surface area (Å²) < 4.78 is 0. The Labute approximate surface area is 111 Å². The molecule has 1 N–H and O–H groups in total. The lowest BCUT2D eigenvalue weighted by atomic mass is 9.78. The number of carboxylic acids is 1. The van der Waals surface area contributed by atoms with Gasteiger partial charge in [-0.1, -0.05) is 12.8 Å². The van der Waals surface area contributed by atoms with E-state index in [0.29, 0.717) is 6.42 Å². The summed E-state index contributed by atoms with van der Waals surface area (Å²) in [6.45, 7) is 1.93. The summed E-state index contributed by atoms with van der Waals surface area (Å²) in [7, 11) is 0. The molecule has 4 heteroatoms. The summed E-state index contributed by atoms with van der Waals surface area (Å²) in [4.78, 5) is 24.1. The van der Waals surface area contributed by atoms with Crippen molar-refractivity contribution in [2.75, 3.05) is 0 Å². The minimum Gasteiger partial charge on any atom is -0.481 e. The molecule has 1 saturated carbocycles. The van der Waals surface area contributed by atoms with Gasteiger partial charge in [0.2, 0.25) is 0 Å². The lowest BCUT2D eigenvalue weighted by Crippen LogP contribution is -2.24. The van der Waals surface area contributed by atoms with E-state index in [9.17, 15) is 9.59 Å². The van der Waals surface area contributed by atoms with Gasteiger partial charge in [-0.25, -0.2) is 0 Å². The van der Waals surface area contributed by atoms with Crippen LogP contribution in [0.15, 0.2) is 11.4 Å². The summed E-state index contributed by atoms with van der Waals surface area (Å²) in [5, 5.41) is 10.9. The molecular weight excluding hydrogens is 248 g/mol. The van der Waals surface area contributed by atoms with E-state index in [4.69, 9.17) is 5.11 Å². The summed E-state index contributed by atoms with van der Waals surface area (Å²) in [6, 6.07) is 1.94. The number of ketones is 1. The molecule has 1 heterocycles. The maximum absolute atomic E-state index is 12.3. The Kier molecular flexibility index (Phi) is 3.85. The second-order valence-electron chi connectivity index (χ2n) is 5.31. The molecule has 0 amide bonds. The van der Waals surface area contributed by atoms with Crippen LogP contribution in [0.2, 0.25) is 0 Å². The Morgan fingerprint density at radius 3 is 2.50 bits per heavy atom. The first-order valence-corrected chi connectivity index (χ1v) is 7.19. The number of carboxylic acid groups (broad SMARTS) is 1. The Morgan fingerprint density at radius 1 is 1.33 bits per heavy atom. The van der Waals surface area contributed by atoms with E-state index in [1.165, 1.54) is 11.3 Å². The molecule has 18 heavy (non-hydrogen) atoms. The third-order valence-corrected chi connectivity index (χ3v) is 4.90. The normalized spacial score (nSPS) is 17.8. The summed E-state index contributed by atoms with van der Waals surface area (Å²) in [5.74, 6) is -0.668. The third-order valence-electron chi connectivity index (χ3n) is 3.84. The molecule has 2 rings (SSSR count). The number of thiophene rings is 1. The van der Waals surface area contributed by atoms with Gasteiger partial charge in [-0.05, 0) is 42.2 Å². The number of rotatable bonds is 5. The van der Waals surface area contributed by atoms with Crippen LogP contribution in [0.1, 0.15) is 53.8 Å².